The smallest absolute Gasteiger partial charge is 0.306 e. The molecule has 0 amide bonds. The highest BCUT2D eigenvalue weighted by Gasteiger charge is 2.19. The average Bonchev–Trinajstić information content (AvgIpc) is 3.39. The van der Waals surface area contributed by atoms with Crippen molar-refractivity contribution in [3.8, 4) is 0 Å². The van der Waals surface area contributed by atoms with E-state index in [9.17, 15) is 14.4 Å². The zero-order chi connectivity index (χ0) is 52.9. The van der Waals surface area contributed by atoms with E-state index in [1.54, 1.807) is 0 Å². The van der Waals surface area contributed by atoms with Gasteiger partial charge in [-0.05, 0) is 128 Å². The fourth-order valence-electron chi connectivity index (χ4n) is 7.25. The van der Waals surface area contributed by atoms with Crippen molar-refractivity contribution in [1.29, 1.82) is 0 Å². The van der Waals surface area contributed by atoms with Crippen molar-refractivity contribution in [1.82, 2.24) is 0 Å². The number of carbonyl (C=O) groups is 3. The summed E-state index contributed by atoms with van der Waals surface area (Å²) >= 11 is 0. The second kappa shape index (κ2) is 59.6. The number of carbonyl (C=O) groups excluding carboxylic acids is 3. The molecule has 0 aliphatic rings. The van der Waals surface area contributed by atoms with Crippen LogP contribution in [0.4, 0.5) is 0 Å². The Hall–Kier alpha value is -4.97. The molecule has 6 nitrogen and oxygen atoms in total. The van der Waals surface area contributed by atoms with Gasteiger partial charge in [-0.15, -0.1) is 0 Å². The molecule has 0 radical (unpaired) electrons. The summed E-state index contributed by atoms with van der Waals surface area (Å²) in [7, 11) is 0. The zero-order valence-electron chi connectivity index (χ0n) is 46.6. The highest BCUT2D eigenvalue weighted by molar-refractivity contribution is 5.71. The molecule has 6 heteroatoms. The fourth-order valence-corrected chi connectivity index (χ4v) is 7.25. The van der Waals surface area contributed by atoms with Crippen LogP contribution < -0.4 is 0 Å². The van der Waals surface area contributed by atoms with Gasteiger partial charge >= 0.3 is 17.9 Å². The van der Waals surface area contributed by atoms with E-state index in [0.717, 1.165) is 154 Å². The largest absolute Gasteiger partial charge is 0.462 e. The summed E-state index contributed by atoms with van der Waals surface area (Å²) in [5.74, 6) is -0.989. The standard InChI is InChI=1S/C67H104O6/c1-4-7-10-13-16-18-20-22-24-26-28-30-31-32-33-34-35-37-38-40-42-44-46-48-51-54-57-60-66(69)72-63-64(62-71-65(68)59-56-53-50-15-12-9-6-3)73-67(70)61-58-55-52-49-47-45-43-41-39-36-29-27-25-23-21-19-17-14-11-8-5-2/h7-8,10-11,16-19,22-25,28-30,32-33,35-37,40-43,47,49,64H,4-6,9,12-15,20-21,26-27,31,34,38-39,44-46,48,50-63H2,1-3H3/b10-7-,11-8-,18-16-,19-17-,24-22-,25-23-,30-28-,33-32-,36-29-,37-35-,42-40-,43-41-,49-47-. The SMILES string of the molecule is CC/C=C\C/C=C\C/C=C\C/C=C\C/C=C\C/C=C\C/C=C\CCCCCCCC(=O)OCC(COC(=O)CCCCCCCCC)OC(=O)CCCC/C=C\C/C=C\C/C=C\C/C=C\C/C=C\C/C=C\CC. The molecule has 1 atom stereocenters. The summed E-state index contributed by atoms with van der Waals surface area (Å²) in [5.41, 5.74) is 0. The van der Waals surface area contributed by atoms with Crippen molar-refractivity contribution in [3.05, 3.63) is 158 Å². The zero-order valence-corrected chi connectivity index (χ0v) is 46.6. The maximum Gasteiger partial charge on any atom is 0.306 e. The van der Waals surface area contributed by atoms with Crippen LogP contribution in [0.1, 0.15) is 226 Å². The highest BCUT2D eigenvalue weighted by atomic mass is 16.6. The minimum Gasteiger partial charge on any atom is -0.462 e. The van der Waals surface area contributed by atoms with Gasteiger partial charge < -0.3 is 14.2 Å². The quantitative estimate of drug-likeness (QED) is 0.0261. The van der Waals surface area contributed by atoms with Gasteiger partial charge in [0.25, 0.3) is 0 Å². The molecule has 0 aromatic heterocycles. The molecule has 0 saturated heterocycles. The van der Waals surface area contributed by atoms with Crippen LogP contribution in [0.5, 0.6) is 0 Å². The Bertz CT molecular complexity index is 1670. The van der Waals surface area contributed by atoms with Crippen LogP contribution in [0.2, 0.25) is 0 Å². The molecule has 408 valence electrons. The molecular weight excluding hydrogens is 901 g/mol. The van der Waals surface area contributed by atoms with E-state index in [-0.39, 0.29) is 37.5 Å². The number of rotatable bonds is 50. The van der Waals surface area contributed by atoms with E-state index < -0.39 is 6.10 Å². The third-order valence-corrected chi connectivity index (χ3v) is 11.5. The van der Waals surface area contributed by atoms with Crippen LogP contribution in [0.15, 0.2) is 158 Å². The van der Waals surface area contributed by atoms with Crippen molar-refractivity contribution >= 4 is 17.9 Å². The maximum atomic E-state index is 12.8. The molecule has 0 heterocycles. The average molecular weight is 1010 g/mol. The predicted octanol–water partition coefficient (Wildman–Crippen LogP) is 19.8. The van der Waals surface area contributed by atoms with E-state index in [4.69, 9.17) is 14.2 Å². The summed E-state index contributed by atoms with van der Waals surface area (Å²) in [4.78, 5) is 38.0. The minimum absolute atomic E-state index is 0.108. The van der Waals surface area contributed by atoms with Crippen LogP contribution in [0.25, 0.3) is 0 Å². The van der Waals surface area contributed by atoms with Gasteiger partial charge in [0.05, 0.1) is 0 Å². The molecule has 0 spiro atoms. The lowest BCUT2D eigenvalue weighted by Crippen LogP contribution is -2.30. The van der Waals surface area contributed by atoms with Gasteiger partial charge in [-0.2, -0.15) is 0 Å². The lowest BCUT2D eigenvalue weighted by atomic mass is 10.1. The Morgan fingerprint density at radius 2 is 0.534 bits per heavy atom. The van der Waals surface area contributed by atoms with Crippen molar-refractivity contribution < 1.29 is 28.6 Å². The van der Waals surface area contributed by atoms with Crippen molar-refractivity contribution in [2.75, 3.05) is 13.2 Å². The lowest BCUT2D eigenvalue weighted by molar-refractivity contribution is -0.167. The number of hydrogen-bond acceptors (Lipinski definition) is 6. The Balaban J connectivity index is 4.35. The number of esters is 3. The highest BCUT2D eigenvalue weighted by Crippen LogP contribution is 2.12. The van der Waals surface area contributed by atoms with Gasteiger partial charge in [0.15, 0.2) is 6.10 Å². The Morgan fingerprint density at radius 1 is 0.288 bits per heavy atom. The van der Waals surface area contributed by atoms with E-state index in [2.05, 4.69) is 179 Å². The molecule has 0 aromatic carbocycles. The van der Waals surface area contributed by atoms with Gasteiger partial charge in [-0.25, -0.2) is 0 Å². The number of ether oxygens (including phenoxy) is 3. The molecular formula is C67H104O6. The monoisotopic (exact) mass is 1000 g/mol. The van der Waals surface area contributed by atoms with E-state index in [1.807, 2.05) is 0 Å². The second-order valence-electron chi connectivity index (χ2n) is 18.4. The maximum absolute atomic E-state index is 12.8. The molecule has 0 aliphatic heterocycles. The molecule has 1 unspecified atom stereocenters. The summed E-state index contributed by atoms with van der Waals surface area (Å²) < 4.78 is 16.7. The third-order valence-electron chi connectivity index (χ3n) is 11.5. The summed E-state index contributed by atoms with van der Waals surface area (Å²) in [5, 5.41) is 0. The third kappa shape index (κ3) is 57.8. The Morgan fingerprint density at radius 3 is 0.863 bits per heavy atom. The molecule has 0 saturated carbocycles. The predicted molar refractivity (Wildman–Crippen MR) is 315 cm³/mol. The number of allylic oxidation sites excluding steroid dienone is 26. The van der Waals surface area contributed by atoms with Crippen molar-refractivity contribution in [2.24, 2.45) is 0 Å². The van der Waals surface area contributed by atoms with Crippen molar-refractivity contribution in [3.63, 3.8) is 0 Å². The van der Waals surface area contributed by atoms with Crippen LogP contribution in [0.3, 0.4) is 0 Å². The van der Waals surface area contributed by atoms with Gasteiger partial charge in [0.1, 0.15) is 13.2 Å². The molecule has 0 fully saturated rings. The molecule has 0 N–H and O–H groups in total. The Kier molecular flexibility index (Phi) is 55.5. The minimum atomic E-state index is -0.815. The first-order chi connectivity index (χ1) is 36.0. The first kappa shape index (κ1) is 68.0. The number of hydrogen-bond donors (Lipinski definition) is 0. The molecule has 0 aromatic rings. The lowest BCUT2D eigenvalue weighted by Gasteiger charge is -2.18. The van der Waals surface area contributed by atoms with E-state index in [1.165, 1.54) is 25.7 Å². The first-order valence-corrected chi connectivity index (χ1v) is 29.0. The molecule has 0 rings (SSSR count). The fraction of sp³-hybridized carbons (Fsp3) is 0.567. The van der Waals surface area contributed by atoms with Gasteiger partial charge in [0.2, 0.25) is 0 Å². The topological polar surface area (TPSA) is 78.9 Å². The normalized spacial score (nSPS) is 13.3. The molecule has 0 aliphatic carbocycles. The summed E-state index contributed by atoms with van der Waals surface area (Å²) in [6.07, 6.45) is 86.8. The summed E-state index contributed by atoms with van der Waals surface area (Å²) in [6, 6.07) is 0. The second-order valence-corrected chi connectivity index (χ2v) is 18.4. The molecule has 73 heavy (non-hydrogen) atoms. The molecule has 0 bridgehead atoms. The Labute approximate surface area is 448 Å². The van der Waals surface area contributed by atoms with Crippen LogP contribution in [0, 0.1) is 0 Å². The van der Waals surface area contributed by atoms with Crippen LogP contribution in [-0.4, -0.2) is 37.2 Å². The number of unbranched alkanes of at least 4 members (excludes halogenated alkanes) is 13. The van der Waals surface area contributed by atoms with Gasteiger partial charge in [-0.1, -0.05) is 237 Å². The van der Waals surface area contributed by atoms with E-state index in [0.29, 0.717) is 19.3 Å². The van der Waals surface area contributed by atoms with Crippen LogP contribution in [-0.2, 0) is 28.6 Å². The van der Waals surface area contributed by atoms with Crippen molar-refractivity contribution in [2.45, 2.75) is 232 Å². The van der Waals surface area contributed by atoms with Gasteiger partial charge in [0, 0.05) is 19.3 Å². The van der Waals surface area contributed by atoms with Gasteiger partial charge in [-0.3, -0.25) is 14.4 Å². The van der Waals surface area contributed by atoms with Crippen LogP contribution >= 0.6 is 0 Å². The van der Waals surface area contributed by atoms with E-state index >= 15 is 0 Å². The summed E-state index contributed by atoms with van der Waals surface area (Å²) in [6.45, 7) is 6.29. The first-order valence-electron chi connectivity index (χ1n) is 29.0.